The summed E-state index contributed by atoms with van der Waals surface area (Å²) in [5, 5.41) is 0. The summed E-state index contributed by atoms with van der Waals surface area (Å²) in [4.78, 5) is 0. The maximum atomic E-state index is 2.46. The zero-order chi connectivity index (χ0) is 12.0. The molecule has 3 rings (SSSR count). The van der Waals surface area contributed by atoms with Gasteiger partial charge in [0.25, 0.3) is 0 Å². The molecule has 0 aromatic heterocycles. The van der Waals surface area contributed by atoms with Crippen molar-refractivity contribution in [3.8, 4) is 0 Å². The molecule has 0 radical (unpaired) electrons. The first-order chi connectivity index (χ1) is 8.05. The smallest absolute Gasteiger partial charge is 0.0352 e. The van der Waals surface area contributed by atoms with Crippen LogP contribution in [0, 0.1) is 35.0 Å². The summed E-state index contributed by atoms with van der Waals surface area (Å²) >= 11 is 0. The van der Waals surface area contributed by atoms with Crippen molar-refractivity contribution in [3.05, 3.63) is 0 Å². The van der Waals surface area contributed by atoms with Crippen molar-refractivity contribution in [2.45, 2.75) is 72.1 Å². The number of fused-ring (bicyclic) bond motifs is 3. The van der Waals surface area contributed by atoms with Crippen molar-refractivity contribution >= 4 is 0 Å². The van der Waals surface area contributed by atoms with E-state index < -0.39 is 0 Å². The summed E-state index contributed by atoms with van der Waals surface area (Å²) in [6, 6.07) is 0. The molecule has 0 heterocycles. The zero-order valence-electron chi connectivity index (χ0n) is 12.0. The zero-order valence-corrected chi connectivity index (χ0v) is 12.0. The Balaban J connectivity index is 1.72. The van der Waals surface area contributed by atoms with Crippen LogP contribution in [0.2, 0.25) is 0 Å². The predicted octanol–water partition coefficient (Wildman–Crippen LogP) is 5.28. The molecule has 5 atom stereocenters. The van der Waals surface area contributed by atoms with E-state index in [4.69, 9.17) is 0 Å². The van der Waals surface area contributed by atoms with Gasteiger partial charge in [-0.05, 0) is 67.1 Å². The molecule has 0 amide bonds. The summed E-state index contributed by atoms with van der Waals surface area (Å²) in [6.45, 7) is 7.39. The second-order valence-electron chi connectivity index (χ2n) is 8.24. The van der Waals surface area contributed by atoms with Crippen LogP contribution in [0.1, 0.15) is 72.1 Å². The molecule has 3 aliphatic rings. The lowest BCUT2D eigenvalue weighted by molar-refractivity contribution is 0.0855. The molecular weight excluding hydrogens is 204 g/mol. The standard InChI is InChI=1S/C17H30/c1-17(2,3)14-9-8-13-10-12-6-4-5-7-15(12)16(13)11-14/h12-16H,4-11H2,1-3H3. The highest BCUT2D eigenvalue weighted by Gasteiger charge is 2.47. The Bertz CT molecular complexity index is 272. The number of hydrogen-bond donors (Lipinski definition) is 0. The van der Waals surface area contributed by atoms with Crippen LogP contribution in [-0.4, -0.2) is 0 Å². The van der Waals surface area contributed by atoms with E-state index in [1.165, 1.54) is 19.3 Å². The molecule has 98 valence electrons. The van der Waals surface area contributed by atoms with Crippen LogP contribution in [0.4, 0.5) is 0 Å². The monoisotopic (exact) mass is 234 g/mol. The molecule has 0 heteroatoms. The predicted molar refractivity (Wildman–Crippen MR) is 73.8 cm³/mol. The van der Waals surface area contributed by atoms with Gasteiger partial charge in [-0.1, -0.05) is 40.0 Å². The number of rotatable bonds is 0. The van der Waals surface area contributed by atoms with Crippen molar-refractivity contribution in [1.82, 2.24) is 0 Å². The summed E-state index contributed by atoms with van der Waals surface area (Å²) in [5.74, 6) is 5.53. The van der Waals surface area contributed by atoms with Crippen LogP contribution >= 0.6 is 0 Å². The van der Waals surface area contributed by atoms with Crippen LogP contribution in [-0.2, 0) is 0 Å². The molecule has 0 spiro atoms. The Morgan fingerprint density at radius 1 is 0.706 bits per heavy atom. The lowest BCUT2D eigenvalue weighted by atomic mass is 9.64. The van der Waals surface area contributed by atoms with Gasteiger partial charge in [0.2, 0.25) is 0 Å². The van der Waals surface area contributed by atoms with Crippen LogP contribution in [0.3, 0.4) is 0 Å². The second-order valence-corrected chi connectivity index (χ2v) is 8.24. The normalized spacial score (nSPS) is 46.4. The molecule has 3 aliphatic carbocycles. The van der Waals surface area contributed by atoms with E-state index in [2.05, 4.69) is 20.8 Å². The van der Waals surface area contributed by atoms with Crippen molar-refractivity contribution in [1.29, 1.82) is 0 Å². The highest BCUT2D eigenvalue weighted by Crippen LogP contribution is 2.57. The first-order valence-electron chi connectivity index (χ1n) is 8.05. The average molecular weight is 234 g/mol. The van der Waals surface area contributed by atoms with E-state index in [0.717, 1.165) is 29.6 Å². The average Bonchev–Trinajstić information content (AvgIpc) is 2.65. The van der Waals surface area contributed by atoms with Gasteiger partial charge in [-0.15, -0.1) is 0 Å². The highest BCUT2D eigenvalue weighted by molar-refractivity contribution is 4.97. The van der Waals surface area contributed by atoms with Gasteiger partial charge in [-0.2, -0.15) is 0 Å². The van der Waals surface area contributed by atoms with Gasteiger partial charge in [0.15, 0.2) is 0 Å². The third-order valence-electron chi connectivity index (χ3n) is 6.40. The van der Waals surface area contributed by atoms with Crippen molar-refractivity contribution in [3.63, 3.8) is 0 Å². The van der Waals surface area contributed by atoms with Crippen molar-refractivity contribution in [2.75, 3.05) is 0 Å². The van der Waals surface area contributed by atoms with Crippen molar-refractivity contribution < 1.29 is 0 Å². The molecule has 5 unspecified atom stereocenters. The Hall–Kier alpha value is 0. The number of hydrogen-bond acceptors (Lipinski definition) is 0. The van der Waals surface area contributed by atoms with Crippen molar-refractivity contribution in [2.24, 2.45) is 35.0 Å². The van der Waals surface area contributed by atoms with Crippen LogP contribution < -0.4 is 0 Å². The van der Waals surface area contributed by atoms with E-state index in [1.807, 2.05) is 0 Å². The lowest BCUT2D eigenvalue weighted by Crippen LogP contribution is -2.32. The summed E-state index contributed by atoms with van der Waals surface area (Å²) in [7, 11) is 0. The van der Waals surface area contributed by atoms with Gasteiger partial charge in [0, 0.05) is 0 Å². The van der Waals surface area contributed by atoms with Gasteiger partial charge in [0.1, 0.15) is 0 Å². The Kier molecular flexibility index (Phi) is 3.04. The molecular formula is C17H30. The van der Waals surface area contributed by atoms with Gasteiger partial charge < -0.3 is 0 Å². The van der Waals surface area contributed by atoms with E-state index >= 15 is 0 Å². The minimum Gasteiger partial charge on any atom is -0.0599 e. The first-order valence-corrected chi connectivity index (χ1v) is 8.05. The molecule has 0 N–H and O–H groups in total. The summed E-state index contributed by atoms with van der Waals surface area (Å²) in [5.41, 5.74) is 0.553. The summed E-state index contributed by atoms with van der Waals surface area (Å²) in [6.07, 6.45) is 12.4. The molecule has 0 saturated heterocycles. The molecule has 0 aromatic carbocycles. The van der Waals surface area contributed by atoms with Gasteiger partial charge in [-0.25, -0.2) is 0 Å². The molecule has 3 saturated carbocycles. The van der Waals surface area contributed by atoms with E-state index in [1.54, 1.807) is 32.1 Å². The fraction of sp³-hybridized carbons (Fsp3) is 1.00. The largest absolute Gasteiger partial charge is 0.0599 e. The van der Waals surface area contributed by atoms with Gasteiger partial charge >= 0.3 is 0 Å². The minimum absolute atomic E-state index is 0.553. The lowest BCUT2D eigenvalue weighted by Gasteiger charge is -2.41. The Morgan fingerprint density at radius 3 is 2.18 bits per heavy atom. The maximum Gasteiger partial charge on any atom is -0.0352 e. The van der Waals surface area contributed by atoms with Crippen LogP contribution in [0.5, 0.6) is 0 Å². The Labute approximate surface area is 108 Å². The fourth-order valence-corrected chi connectivity index (χ4v) is 5.35. The summed E-state index contributed by atoms with van der Waals surface area (Å²) < 4.78 is 0. The third-order valence-corrected chi connectivity index (χ3v) is 6.40. The molecule has 3 fully saturated rings. The second kappa shape index (κ2) is 4.28. The molecule has 0 bridgehead atoms. The topological polar surface area (TPSA) is 0 Å². The molecule has 0 aliphatic heterocycles. The Morgan fingerprint density at radius 2 is 1.41 bits per heavy atom. The third kappa shape index (κ3) is 2.17. The first kappa shape index (κ1) is 12.1. The molecule has 17 heavy (non-hydrogen) atoms. The van der Waals surface area contributed by atoms with E-state index in [9.17, 15) is 0 Å². The van der Waals surface area contributed by atoms with Crippen LogP contribution in [0.15, 0.2) is 0 Å². The van der Waals surface area contributed by atoms with Crippen LogP contribution in [0.25, 0.3) is 0 Å². The maximum absolute atomic E-state index is 2.46. The van der Waals surface area contributed by atoms with Gasteiger partial charge in [-0.3, -0.25) is 0 Å². The molecule has 0 nitrogen and oxygen atoms in total. The minimum atomic E-state index is 0.553. The van der Waals surface area contributed by atoms with E-state index in [0.29, 0.717) is 5.41 Å². The quantitative estimate of drug-likeness (QED) is 0.535. The fourth-order valence-electron chi connectivity index (χ4n) is 5.35. The molecule has 0 aromatic rings. The van der Waals surface area contributed by atoms with Gasteiger partial charge in [0.05, 0.1) is 0 Å². The van der Waals surface area contributed by atoms with E-state index in [-0.39, 0.29) is 0 Å². The highest BCUT2D eigenvalue weighted by atomic mass is 14.5. The SMILES string of the molecule is CC(C)(C)C1CCC2CC3CCCCC3C2C1.